The average Bonchev–Trinajstić information content (AvgIpc) is 3.44. The molecule has 3 aromatic rings. The first-order chi connectivity index (χ1) is 18.6. The Bertz CT molecular complexity index is 1520. The molecule has 210 valence electrons. The van der Waals surface area contributed by atoms with Gasteiger partial charge < -0.3 is 16.0 Å². The molecule has 1 fully saturated rings. The first-order valence-electron chi connectivity index (χ1n) is 11.3. The van der Waals surface area contributed by atoms with Crippen molar-refractivity contribution in [2.75, 3.05) is 16.0 Å². The summed E-state index contributed by atoms with van der Waals surface area (Å²) in [7, 11) is 0. The van der Waals surface area contributed by atoms with Crippen LogP contribution >= 0.6 is 92.8 Å². The van der Waals surface area contributed by atoms with Crippen LogP contribution in [0.2, 0.25) is 15.1 Å². The monoisotopic (exact) mass is 699 g/mol. The van der Waals surface area contributed by atoms with Gasteiger partial charge in [0.2, 0.25) is 5.91 Å². The number of carbonyl (C=O) groups is 3. The number of nitrogens with one attached hydrogen (secondary N) is 3. The molecule has 0 saturated heterocycles. The molecule has 0 radical (unpaired) electrons. The summed E-state index contributed by atoms with van der Waals surface area (Å²) in [4.78, 5) is 38.0. The second-order valence-corrected chi connectivity index (χ2v) is 13.9. The first kappa shape index (κ1) is 31.3. The van der Waals surface area contributed by atoms with Gasteiger partial charge in [-0.1, -0.05) is 75.7 Å². The minimum Gasteiger partial charge on any atom is -0.326 e. The number of hydrogen-bond donors (Lipinski definition) is 3. The first-order valence-corrected chi connectivity index (χ1v) is 14.4. The second kappa shape index (κ2) is 11.9. The molecule has 1 aliphatic rings. The van der Waals surface area contributed by atoms with Crippen molar-refractivity contribution >= 4 is 128 Å². The van der Waals surface area contributed by atoms with E-state index in [1.807, 2.05) is 0 Å². The van der Waals surface area contributed by atoms with Gasteiger partial charge in [0.1, 0.15) is 4.33 Å². The molecule has 3 amide bonds. The van der Waals surface area contributed by atoms with E-state index in [1.54, 1.807) is 43.3 Å². The Morgan fingerprint density at radius 2 is 1.40 bits per heavy atom. The highest BCUT2D eigenvalue weighted by Crippen LogP contribution is 2.65. The number of rotatable bonds is 6. The summed E-state index contributed by atoms with van der Waals surface area (Å²) in [5.74, 6) is -3.09. The molecule has 2 atom stereocenters. The number of carbonyl (C=O) groups excluding carboxylic acids is 3. The van der Waals surface area contributed by atoms with E-state index in [0.717, 1.165) is 0 Å². The van der Waals surface area contributed by atoms with Crippen LogP contribution in [0.1, 0.15) is 27.4 Å². The maximum atomic E-state index is 13.1. The lowest BCUT2D eigenvalue weighted by Gasteiger charge is -2.14. The van der Waals surface area contributed by atoms with Gasteiger partial charge in [0, 0.05) is 23.0 Å². The van der Waals surface area contributed by atoms with Crippen molar-refractivity contribution in [2.24, 2.45) is 5.92 Å². The molecule has 0 aliphatic heterocycles. The SMILES string of the molecule is Cc1cc(NC(=O)C(Cl)(Cl)Cl)ccc1NC(=O)c1cc(NC(=O)[C@H]2[C@H](c3ccc(Cl)c(Cl)c3)C2(Cl)Cl)ccc1Cl. The molecule has 0 unspecified atom stereocenters. The lowest BCUT2D eigenvalue weighted by molar-refractivity contribution is -0.117. The number of aryl methyl sites for hydroxylation is 1. The van der Waals surface area contributed by atoms with Crippen LogP contribution in [0.15, 0.2) is 54.6 Å². The van der Waals surface area contributed by atoms with Crippen LogP contribution in [-0.2, 0) is 9.59 Å². The predicted octanol–water partition coefficient (Wildman–Crippen LogP) is 9.04. The number of halogens is 8. The van der Waals surface area contributed by atoms with Crippen molar-refractivity contribution in [3.8, 4) is 0 Å². The predicted molar refractivity (Wildman–Crippen MR) is 165 cm³/mol. The Morgan fingerprint density at radius 3 is 2.02 bits per heavy atom. The standard InChI is InChI=1S/C26H17Cl8N3O3/c1-11-8-13(36-24(40)26(32,33)34)4-7-19(11)37-22(38)15-10-14(3-6-16(15)27)35-23(39)21-20(25(21,30)31)12-2-5-17(28)18(29)9-12/h2-10,20-21H,1H3,(H,35,39)(H,36,40)(H,37,38)/t20-,21+/m0/s1. The van der Waals surface area contributed by atoms with Crippen molar-refractivity contribution in [3.63, 3.8) is 0 Å². The Hall–Kier alpha value is -1.61. The van der Waals surface area contributed by atoms with E-state index in [0.29, 0.717) is 38.2 Å². The molecule has 0 aromatic heterocycles. The molecule has 3 aromatic carbocycles. The van der Waals surface area contributed by atoms with Crippen LogP contribution in [0.5, 0.6) is 0 Å². The van der Waals surface area contributed by atoms with Crippen LogP contribution in [0.25, 0.3) is 0 Å². The number of hydrogen-bond acceptors (Lipinski definition) is 3. The zero-order chi connectivity index (χ0) is 29.6. The maximum Gasteiger partial charge on any atom is 0.276 e. The van der Waals surface area contributed by atoms with Crippen LogP contribution in [0.3, 0.4) is 0 Å². The molecule has 0 spiro atoms. The van der Waals surface area contributed by atoms with Crippen LogP contribution in [0.4, 0.5) is 17.1 Å². The molecule has 0 heterocycles. The number of anilines is 3. The van der Waals surface area contributed by atoms with Crippen molar-refractivity contribution in [2.45, 2.75) is 21.0 Å². The van der Waals surface area contributed by atoms with Crippen molar-refractivity contribution in [1.29, 1.82) is 0 Å². The average molecular weight is 703 g/mol. The van der Waals surface area contributed by atoms with E-state index in [9.17, 15) is 14.4 Å². The summed E-state index contributed by atoms with van der Waals surface area (Å²) < 4.78 is -3.48. The van der Waals surface area contributed by atoms with E-state index in [2.05, 4.69) is 16.0 Å². The van der Waals surface area contributed by atoms with Gasteiger partial charge in [-0.15, -0.1) is 23.2 Å². The minimum atomic E-state index is -2.13. The zero-order valence-electron chi connectivity index (χ0n) is 20.1. The van der Waals surface area contributed by atoms with Crippen molar-refractivity contribution < 1.29 is 14.4 Å². The Kier molecular flexibility index (Phi) is 9.35. The van der Waals surface area contributed by atoms with Gasteiger partial charge in [-0.25, -0.2) is 0 Å². The van der Waals surface area contributed by atoms with E-state index in [1.165, 1.54) is 18.2 Å². The number of amides is 3. The molecular formula is C26H17Cl8N3O3. The summed E-state index contributed by atoms with van der Waals surface area (Å²) in [6.45, 7) is 1.71. The number of alkyl halides is 5. The van der Waals surface area contributed by atoms with Crippen LogP contribution < -0.4 is 16.0 Å². The zero-order valence-corrected chi connectivity index (χ0v) is 26.1. The van der Waals surface area contributed by atoms with Gasteiger partial charge in [0.25, 0.3) is 15.6 Å². The summed E-state index contributed by atoms with van der Waals surface area (Å²) >= 11 is 48.0. The summed E-state index contributed by atoms with van der Waals surface area (Å²) in [5, 5.41) is 8.81. The highest BCUT2D eigenvalue weighted by atomic mass is 35.6. The molecule has 3 N–H and O–H groups in total. The van der Waals surface area contributed by atoms with Crippen molar-refractivity contribution in [3.05, 3.63) is 86.4 Å². The molecule has 0 bridgehead atoms. The Balaban J connectivity index is 1.46. The topological polar surface area (TPSA) is 87.3 Å². The normalized spacial score (nSPS) is 17.6. The molecular weight excluding hydrogens is 686 g/mol. The lowest BCUT2D eigenvalue weighted by atomic mass is 10.1. The minimum absolute atomic E-state index is 0.104. The summed E-state index contributed by atoms with van der Waals surface area (Å²) in [6, 6.07) is 14.1. The van der Waals surface area contributed by atoms with E-state index >= 15 is 0 Å². The second-order valence-electron chi connectivity index (χ2n) is 8.92. The fourth-order valence-corrected chi connectivity index (χ4v) is 5.52. The fraction of sp³-hybridized carbons (Fsp3) is 0.192. The molecule has 14 heteroatoms. The smallest absolute Gasteiger partial charge is 0.276 e. The van der Waals surface area contributed by atoms with Gasteiger partial charge in [-0.2, -0.15) is 0 Å². The molecule has 1 aliphatic carbocycles. The third kappa shape index (κ3) is 6.88. The Labute approximate surface area is 269 Å². The van der Waals surface area contributed by atoms with Crippen LogP contribution in [-0.4, -0.2) is 25.8 Å². The largest absolute Gasteiger partial charge is 0.326 e. The van der Waals surface area contributed by atoms with E-state index in [-0.39, 0.29) is 10.6 Å². The lowest BCUT2D eigenvalue weighted by Crippen LogP contribution is -2.27. The maximum absolute atomic E-state index is 13.1. The number of benzene rings is 3. The summed E-state index contributed by atoms with van der Waals surface area (Å²) in [5.41, 5.74) is 2.50. The van der Waals surface area contributed by atoms with E-state index in [4.69, 9.17) is 92.8 Å². The fourth-order valence-electron chi connectivity index (χ4n) is 4.04. The van der Waals surface area contributed by atoms with Gasteiger partial charge in [-0.3, -0.25) is 14.4 Å². The third-order valence-corrected chi connectivity index (χ3v) is 8.63. The van der Waals surface area contributed by atoms with Crippen molar-refractivity contribution in [1.82, 2.24) is 0 Å². The van der Waals surface area contributed by atoms with Crippen LogP contribution in [0, 0.1) is 12.8 Å². The molecule has 1 saturated carbocycles. The van der Waals surface area contributed by atoms with Gasteiger partial charge in [0.15, 0.2) is 0 Å². The molecule has 6 nitrogen and oxygen atoms in total. The summed E-state index contributed by atoms with van der Waals surface area (Å²) in [6.07, 6.45) is 0. The molecule has 4 rings (SSSR count). The highest BCUT2D eigenvalue weighted by molar-refractivity contribution is 6.76. The Morgan fingerprint density at radius 1 is 0.775 bits per heavy atom. The quantitative estimate of drug-likeness (QED) is 0.224. The highest BCUT2D eigenvalue weighted by Gasteiger charge is 2.67. The van der Waals surface area contributed by atoms with Gasteiger partial charge in [-0.05, 0) is 66.6 Å². The van der Waals surface area contributed by atoms with Gasteiger partial charge in [0.05, 0.1) is 26.5 Å². The van der Waals surface area contributed by atoms with Gasteiger partial charge >= 0.3 is 0 Å². The third-order valence-electron chi connectivity index (χ3n) is 6.11. The van der Waals surface area contributed by atoms with E-state index < -0.39 is 37.7 Å². The molecule has 40 heavy (non-hydrogen) atoms.